The summed E-state index contributed by atoms with van der Waals surface area (Å²) in [5.74, 6) is -0.167. The molecule has 0 N–H and O–H groups in total. The van der Waals surface area contributed by atoms with Crippen LogP contribution in [-0.4, -0.2) is 52.1 Å². The molecule has 1 aromatic rings. The molecule has 1 aromatic heterocycles. The molecule has 2 aliphatic heterocycles. The van der Waals surface area contributed by atoms with E-state index < -0.39 is 0 Å². The molecule has 1 saturated heterocycles. The van der Waals surface area contributed by atoms with Gasteiger partial charge in [0.1, 0.15) is 0 Å². The van der Waals surface area contributed by atoms with Crippen LogP contribution >= 0.6 is 11.8 Å². The third-order valence-corrected chi connectivity index (χ3v) is 4.50. The molecule has 0 saturated carbocycles. The monoisotopic (exact) mass is 292 g/mol. The molecule has 2 aliphatic rings. The van der Waals surface area contributed by atoms with Crippen molar-refractivity contribution in [3.05, 3.63) is 22.4 Å². The van der Waals surface area contributed by atoms with E-state index in [1.807, 2.05) is 20.0 Å². The van der Waals surface area contributed by atoms with Crippen molar-refractivity contribution < 1.29 is 9.53 Å². The normalized spacial score (nSPS) is 21.7. The summed E-state index contributed by atoms with van der Waals surface area (Å²) in [6, 6.07) is 0. The van der Waals surface area contributed by atoms with Crippen LogP contribution in [0.2, 0.25) is 0 Å². The van der Waals surface area contributed by atoms with E-state index in [1.54, 1.807) is 10.9 Å². The summed E-state index contributed by atoms with van der Waals surface area (Å²) >= 11 is 1.43. The van der Waals surface area contributed by atoms with Crippen molar-refractivity contribution in [3.8, 4) is 0 Å². The Morgan fingerprint density at radius 1 is 1.40 bits per heavy atom. The summed E-state index contributed by atoms with van der Waals surface area (Å²) in [5.41, 5.74) is 1.99. The predicted molar refractivity (Wildman–Crippen MR) is 78.3 cm³/mol. The fourth-order valence-electron chi connectivity index (χ4n) is 2.09. The number of nitrogens with zero attached hydrogens (tertiary/aromatic N) is 4. The summed E-state index contributed by atoms with van der Waals surface area (Å²) in [7, 11) is 1.89. The lowest BCUT2D eigenvalue weighted by molar-refractivity contribution is -0.113. The van der Waals surface area contributed by atoms with Gasteiger partial charge in [-0.15, -0.1) is 0 Å². The number of aliphatic imine (C=N–C) groups is 1. The van der Waals surface area contributed by atoms with Crippen LogP contribution in [0.25, 0.3) is 6.08 Å². The Bertz CT molecular complexity index is 600. The minimum absolute atomic E-state index is 0.167. The molecule has 0 radical (unpaired) electrons. The Labute approximate surface area is 121 Å². The highest BCUT2D eigenvalue weighted by molar-refractivity contribution is 8.18. The van der Waals surface area contributed by atoms with E-state index in [1.165, 1.54) is 11.8 Å². The van der Waals surface area contributed by atoms with Crippen LogP contribution in [0, 0.1) is 6.92 Å². The molecule has 0 atom stereocenters. The average molecular weight is 292 g/mol. The number of amidine groups is 1. The molecule has 0 unspecified atom stereocenters. The molecule has 20 heavy (non-hydrogen) atoms. The zero-order chi connectivity index (χ0) is 14.1. The standard InChI is InChI=1S/C13H16N4O2S/c1-9-10(8-14-16(9)2)7-11-12(18)15-13(20-11)17-3-5-19-6-4-17/h7-8H,3-6H2,1-2H3. The number of amides is 1. The molecule has 6 nitrogen and oxygen atoms in total. The van der Waals surface area contributed by atoms with E-state index in [9.17, 15) is 4.79 Å². The number of carbonyl (C=O) groups excluding carboxylic acids is 1. The smallest absolute Gasteiger partial charge is 0.286 e. The van der Waals surface area contributed by atoms with Gasteiger partial charge in [-0.05, 0) is 24.8 Å². The molecule has 0 aromatic carbocycles. The van der Waals surface area contributed by atoms with Gasteiger partial charge in [0, 0.05) is 31.4 Å². The molecule has 3 rings (SSSR count). The van der Waals surface area contributed by atoms with E-state index in [4.69, 9.17) is 4.74 Å². The Morgan fingerprint density at radius 2 is 2.15 bits per heavy atom. The van der Waals surface area contributed by atoms with Crippen molar-refractivity contribution in [2.24, 2.45) is 12.0 Å². The molecule has 1 fully saturated rings. The van der Waals surface area contributed by atoms with Crippen molar-refractivity contribution >= 4 is 28.9 Å². The van der Waals surface area contributed by atoms with Crippen LogP contribution in [0.5, 0.6) is 0 Å². The van der Waals surface area contributed by atoms with Crippen molar-refractivity contribution in [1.82, 2.24) is 14.7 Å². The van der Waals surface area contributed by atoms with Crippen LogP contribution in [0.15, 0.2) is 16.1 Å². The topological polar surface area (TPSA) is 59.7 Å². The fraction of sp³-hybridized carbons (Fsp3) is 0.462. The van der Waals surface area contributed by atoms with Gasteiger partial charge >= 0.3 is 0 Å². The van der Waals surface area contributed by atoms with Gasteiger partial charge in [0.25, 0.3) is 5.91 Å². The first-order valence-electron chi connectivity index (χ1n) is 6.49. The highest BCUT2D eigenvalue weighted by Crippen LogP contribution is 2.30. The summed E-state index contributed by atoms with van der Waals surface area (Å²) < 4.78 is 7.10. The number of ether oxygens (including phenoxy) is 1. The van der Waals surface area contributed by atoms with Crippen molar-refractivity contribution in [3.63, 3.8) is 0 Å². The Morgan fingerprint density at radius 3 is 2.80 bits per heavy atom. The summed E-state index contributed by atoms with van der Waals surface area (Å²) in [6.07, 6.45) is 3.63. The molecular formula is C13H16N4O2S. The van der Waals surface area contributed by atoms with Crippen LogP contribution in [-0.2, 0) is 16.6 Å². The van der Waals surface area contributed by atoms with Crippen LogP contribution < -0.4 is 0 Å². The lowest BCUT2D eigenvalue weighted by Gasteiger charge is -2.27. The maximum absolute atomic E-state index is 12.0. The largest absolute Gasteiger partial charge is 0.378 e. The van der Waals surface area contributed by atoms with E-state index in [-0.39, 0.29) is 5.91 Å². The number of morpholine rings is 1. The number of hydrogen-bond acceptors (Lipinski definition) is 5. The third kappa shape index (κ3) is 2.51. The summed E-state index contributed by atoms with van der Waals surface area (Å²) in [4.78, 5) is 18.9. The number of thioether (sulfide) groups is 1. The first-order chi connectivity index (χ1) is 9.65. The number of aryl methyl sites for hydroxylation is 1. The molecule has 106 valence electrons. The molecule has 0 spiro atoms. The van der Waals surface area contributed by atoms with E-state index in [2.05, 4.69) is 15.0 Å². The van der Waals surface area contributed by atoms with Gasteiger partial charge in [0.05, 0.1) is 24.3 Å². The van der Waals surface area contributed by atoms with Gasteiger partial charge in [0.15, 0.2) is 5.17 Å². The third-order valence-electron chi connectivity index (χ3n) is 3.45. The van der Waals surface area contributed by atoms with Gasteiger partial charge in [-0.1, -0.05) is 0 Å². The number of aromatic nitrogens is 2. The zero-order valence-corrected chi connectivity index (χ0v) is 12.3. The SMILES string of the molecule is Cc1c(C=C2SC(N3CCOCC3)=NC2=O)cnn1C. The molecule has 3 heterocycles. The van der Waals surface area contributed by atoms with E-state index in [0.29, 0.717) is 18.1 Å². The number of carbonyl (C=O) groups is 1. The van der Waals surface area contributed by atoms with Gasteiger partial charge in [-0.2, -0.15) is 10.1 Å². The summed E-state index contributed by atoms with van der Waals surface area (Å²) in [5, 5.41) is 4.96. The van der Waals surface area contributed by atoms with Crippen LogP contribution in [0.3, 0.4) is 0 Å². The van der Waals surface area contributed by atoms with Gasteiger partial charge in [-0.3, -0.25) is 9.48 Å². The molecule has 1 amide bonds. The first kappa shape index (κ1) is 13.4. The molecular weight excluding hydrogens is 276 g/mol. The van der Waals surface area contributed by atoms with Crippen molar-refractivity contribution in [2.75, 3.05) is 26.3 Å². The molecule has 0 aliphatic carbocycles. The van der Waals surface area contributed by atoms with E-state index >= 15 is 0 Å². The Balaban J connectivity index is 1.78. The van der Waals surface area contributed by atoms with Gasteiger partial charge in [0.2, 0.25) is 0 Å². The number of hydrogen-bond donors (Lipinski definition) is 0. The van der Waals surface area contributed by atoms with Gasteiger partial charge in [-0.25, -0.2) is 0 Å². The molecule has 0 bridgehead atoms. The predicted octanol–water partition coefficient (Wildman–Crippen LogP) is 1.03. The molecule has 7 heteroatoms. The highest BCUT2D eigenvalue weighted by Gasteiger charge is 2.27. The second-order valence-electron chi connectivity index (χ2n) is 4.72. The first-order valence-corrected chi connectivity index (χ1v) is 7.30. The zero-order valence-electron chi connectivity index (χ0n) is 11.5. The average Bonchev–Trinajstić information content (AvgIpc) is 2.98. The summed E-state index contributed by atoms with van der Waals surface area (Å²) in [6.45, 7) is 4.94. The fourth-order valence-corrected chi connectivity index (χ4v) is 3.04. The van der Waals surface area contributed by atoms with E-state index in [0.717, 1.165) is 29.5 Å². The lowest BCUT2D eigenvalue weighted by atomic mass is 10.2. The second kappa shape index (κ2) is 5.41. The van der Waals surface area contributed by atoms with Crippen LogP contribution in [0.4, 0.5) is 0 Å². The maximum atomic E-state index is 12.0. The maximum Gasteiger partial charge on any atom is 0.286 e. The quantitative estimate of drug-likeness (QED) is 0.724. The van der Waals surface area contributed by atoms with Crippen LogP contribution in [0.1, 0.15) is 11.3 Å². The number of rotatable bonds is 1. The van der Waals surface area contributed by atoms with Gasteiger partial charge < -0.3 is 9.64 Å². The minimum Gasteiger partial charge on any atom is -0.378 e. The Hall–Kier alpha value is -1.60. The van der Waals surface area contributed by atoms with Crippen molar-refractivity contribution in [2.45, 2.75) is 6.92 Å². The lowest BCUT2D eigenvalue weighted by Crippen LogP contribution is -2.38. The highest BCUT2D eigenvalue weighted by atomic mass is 32.2. The Kier molecular flexibility index (Phi) is 3.62. The van der Waals surface area contributed by atoms with Crippen molar-refractivity contribution in [1.29, 1.82) is 0 Å². The second-order valence-corrected chi connectivity index (χ2v) is 5.73. The minimum atomic E-state index is -0.167.